The van der Waals surface area contributed by atoms with Crippen LogP contribution in [0, 0.1) is 0 Å². The van der Waals surface area contributed by atoms with Crippen molar-refractivity contribution in [2.75, 3.05) is 0 Å². The normalized spacial score (nSPS) is 39.9. The van der Waals surface area contributed by atoms with Gasteiger partial charge in [0.1, 0.15) is 0 Å². The van der Waals surface area contributed by atoms with E-state index >= 15 is 0 Å². The van der Waals surface area contributed by atoms with E-state index in [1.165, 1.54) is 12.8 Å². The van der Waals surface area contributed by atoms with Crippen LogP contribution < -0.4 is 0 Å². The monoisotopic (exact) mass is 138 g/mol. The zero-order valence-electron chi connectivity index (χ0n) is 5.43. The molecule has 0 atom stereocenters. The van der Waals surface area contributed by atoms with E-state index in [1.807, 2.05) is 0 Å². The number of aliphatic hydroxyl groups is 1. The van der Waals surface area contributed by atoms with Crippen molar-refractivity contribution < 1.29 is 5.11 Å². The van der Waals surface area contributed by atoms with Gasteiger partial charge in [-0.3, -0.25) is 0 Å². The molecule has 0 heterocycles. The van der Waals surface area contributed by atoms with E-state index in [4.69, 9.17) is 5.11 Å². The second kappa shape index (κ2) is 3.69. The van der Waals surface area contributed by atoms with Crippen LogP contribution in [-0.4, -0.2) is 60.2 Å². The molecule has 0 radical (unpaired) electrons. The molecule has 0 amide bonds. The number of rotatable bonds is 0. The Balaban J connectivity index is 2.19. The molecule has 1 saturated carbocycles. The Morgan fingerprint density at radius 2 is 1.62 bits per heavy atom. The quantitative estimate of drug-likeness (QED) is 0.493. The van der Waals surface area contributed by atoms with E-state index < -0.39 is 0 Å². The second-order valence-electron chi connectivity index (χ2n) is 2.91. The van der Waals surface area contributed by atoms with Gasteiger partial charge in [0.05, 0.1) is 0 Å². The molecule has 0 saturated heterocycles. The Morgan fingerprint density at radius 1 is 1.12 bits per heavy atom. The zero-order chi connectivity index (χ0) is 5.98. The summed E-state index contributed by atoms with van der Waals surface area (Å²) in [7, 11) is 0. The fourth-order valence-corrected chi connectivity index (χ4v) is 2.28. The minimum absolute atomic E-state index is 0.0496. The first-order valence-electron chi connectivity index (χ1n) is 3.47. The van der Waals surface area contributed by atoms with E-state index in [0.29, 0.717) is 0 Å². The third-order valence-corrected chi connectivity index (χ3v) is 3.79. The van der Waals surface area contributed by atoms with Gasteiger partial charge in [0.25, 0.3) is 0 Å². The van der Waals surface area contributed by atoms with Crippen molar-refractivity contribution in [1.29, 1.82) is 0 Å². The van der Waals surface area contributed by atoms with Crippen LogP contribution >= 0.6 is 0 Å². The van der Waals surface area contributed by atoms with Crippen LogP contribution in [0.3, 0.4) is 0 Å². The van der Waals surface area contributed by atoms with Gasteiger partial charge in [-0.1, -0.05) is 0 Å². The topological polar surface area (TPSA) is 20.2 Å². The third-order valence-electron chi connectivity index (χ3n) is 1.99. The van der Waals surface area contributed by atoms with E-state index in [0.717, 1.165) is 61.8 Å². The summed E-state index contributed by atoms with van der Waals surface area (Å²) in [6, 6.07) is 0. The molecule has 1 aliphatic carbocycles. The SMILES string of the molecule is O[C@H]1CC[C@H]([K])CC1. The number of hydrogen-bond acceptors (Lipinski definition) is 1. The standard InChI is InChI=1S/C6H11O.K/c7-6-4-2-1-3-5-6;/h1,6-7H,2-5H2;. The van der Waals surface area contributed by atoms with E-state index in [2.05, 4.69) is 0 Å². The molecule has 1 N–H and O–H groups in total. The molecular weight excluding hydrogens is 127 g/mol. The van der Waals surface area contributed by atoms with Gasteiger partial charge in [0.15, 0.2) is 0 Å². The van der Waals surface area contributed by atoms with Crippen LogP contribution in [0.2, 0.25) is 0.0125 Å². The predicted molar refractivity (Wildman–Crippen MR) is 34.0 cm³/mol. The molecule has 1 fully saturated rings. The van der Waals surface area contributed by atoms with Gasteiger partial charge in [-0.05, 0) is 0 Å². The van der Waals surface area contributed by atoms with Crippen LogP contribution in [0.4, 0.5) is 0 Å². The van der Waals surface area contributed by atoms with E-state index in [9.17, 15) is 0 Å². The molecule has 0 aromatic heterocycles. The molecule has 0 unspecified atom stereocenters. The molecule has 42 valence electrons. The number of aliphatic hydroxyl groups excluding tert-OH is 1. The molecule has 0 bridgehead atoms. The van der Waals surface area contributed by atoms with Gasteiger partial charge in [-0.25, -0.2) is 0 Å². The summed E-state index contributed by atoms with van der Waals surface area (Å²) >= 11 is 1.01. The van der Waals surface area contributed by atoms with Crippen LogP contribution in [0.15, 0.2) is 0 Å². The Hall–Kier alpha value is 1.60. The van der Waals surface area contributed by atoms with Crippen molar-refractivity contribution in [2.45, 2.75) is 31.8 Å². The summed E-state index contributed by atoms with van der Waals surface area (Å²) in [5, 5.41) is 9.05. The first-order valence-corrected chi connectivity index (χ1v) is 5.27. The average molecular weight is 138 g/mol. The van der Waals surface area contributed by atoms with Crippen molar-refractivity contribution in [3.63, 3.8) is 0 Å². The number of hydrogen-bond donors (Lipinski definition) is 1. The van der Waals surface area contributed by atoms with Gasteiger partial charge < -0.3 is 0 Å². The minimum atomic E-state index is 0.0496. The van der Waals surface area contributed by atoms with Crippen LogP contribution in [0.25, 0.3) is 0 Å². The maximum atomic E-state index is 9.05. The van der Waals surface area contributed by atoms with Gasteiger partial charge in [-0.15, -0.1) is 0 Å². The summed E-state index contributed by atoms with van der Waals surface area (Å²) in [6.45, 7) is 0. The first-order chi connectivity index (χ1) is 3.79. The van der Waals surface area contributed by atoms with Crippen LogP contribution in [-0.2, 0) is 0 Å². The Kier molecular flexibility index (Phi) is 3.55. The molecule has 0 aromatic rings. The van der Waals surface area contributed by atoms with Crippen molar-refractivity contribution in [3.05, 3.63) is 0 Å². The molecule has 0 aromatic carbocycles. The molecular formula is C6H11KO. The molecule has 0 spiro atoms. The first kappa shape index (κ1) is 7.70. The van der Waals surface area contributed by atoms with Gasteiger partial charge >= 0.3 is 85.9 Å². The van der Waals surface area contributed by atoms with E-state index in [1.54, 1.807) is 0 Å². The molecule has 8 heavy (non-hydrogen) atoms. The van der Waals surface area contributed by atoms with Crippen LogP contribution in [0.1, 0.15) is 25.7 Å². The van der Waals surface area contributed by atoms with E-state index in [-0.39, 0.29) is 6.10 Å². The summed E-state index contributed by atoms with van der Waals surface area (Å²) in [4.78, 5) is 0. The van der Waals surface area contributed by atoms with Crippen molar-refractivity contribution in [1.82, 2.24) is 0 Å². The molecule has 1 rings (SSSR count). The van der Waals surface area contributed by atoms with Crippen molar-refractivity contribution >= 4 is 49.0 Å². The maximum absolute atomic E-state index is 9.05. The fraction of sp³-hybridized carbons (Fsp3) is 1.00. The van der Waals surface area contributed by atoms with Crippen LogP contribution in [0.5, 0.6) is 0 Å². The second-order valence-corrected chi connectivity index (χ2v) is 5.46. The summed E-state index contributed by atoms with van der Waals surface area (Å²) in [5.41, 5.74) is 0. The Labute approximate surface area is 84.4 Å². The van der Waals surface area contributed by atoms with Gasteiger partial charge in [-0.2, -0.15) is 0 Å². The molecule has 1 aliphatic rings. The van der Waals surface area contributed by atoms with Crippen molar-refractivity contribution in [2.24, 2.45) is 0 Å². The van der Waals surface area contributed by atoms with Gasteiger partial charge in [0.2, 0.25) is 0 Å². The summed E-state index contributed by atoms with van der Waals surface area (Å²) in [6.07, 6.45) is 4.81. The fourth-order valence-electron chi connectivity index (χ4n) is 1.24. The molecule has 0 aliphatic heterocycles. The Morgan fingerprint density at radius 3 is 2.00 bits per heavy atom. The van der Waals surface area contributed by atoms with Crippen molar-refractivity contribution in [3.8, 4) is 0 Å². The Bertz CT molecular complexity index is 56.9. The zero-order valence-corrected chi connectivity index (χ0v) is 8.55. The molecule has 2 heteroatoms. The predicted octanol–water partition coefficient (Wildman–Crippen LogP) is 0.878. The average Bonchev–Trinajstić information content (AvgIpc) is 1.77. The summed E-state index contributed by atoms with van der Waals surface area (Å²) < 4.78 is 1.05. The summed E-state index contributed by atoms with van der Waals surface area (Å²) in [5.74, 6) is 0. The third kappa shape index (κ3) is 2.46. The molecule has 1 nitrogen and oxygen atoms in total. The van der Waals surface area contributed by atoms with Gasteiger partial charge in [0, 0.05) is 0 Å².